The standard InChI is InChI=1S/C16H30/c1-16(2)13-9-5-8-12-15(16)14-10-6-3-4-7-11-14/h14-15H,3-13H2,1-2H3. The van der Waals surface area contributed by atoms with Crippen LogP contribution in [0, 0.1) is 17.3 Å². The van der Waals surface area contributed by atoms with Gasteiger partial charge in [0.05, 0.1) is 0 Å². The van der Waals surface area contributed by atoms with Crippen LogP contribution in [-0.4, -0.2) is 0 Å². The zero-order valence-electron chi connectivity index (χ0n) is 11.4. The largest absolute Gasteiger partial charge is 0.0596 e. The van der Waals surface area contributed by atoms with E-state index in [9.17, 15) is 0 Å². The molecule has 0 aromatic rings. The van der Waals surface area contributed by atoms with Gasteiger partial charge in [0.15, 0.2) is 0 Å². The van der Waals surface area contributed by atoms with Gasteiger partial charge in [0, 0.05) is 0 Å². The molecule has 0 amide bonds. The Labute approximate surface area is 102 Å². The zero-order valence-corrected chi connectivity index (χ0v) is 11.4. The topological polar surface area (TPSA) is 0 Å². The third kappa shape index (κ3) is 3.02. The maximum atomic E-state index is 2.55. The maximum Gasteiger partial charge on any atom is -0.0323 e. The highest BCUT2D eigenvalue weighted by Gasteiger charge is 2.35. The van der Waals surface area contributed by atoms with Crippen molar-refractivity contribution in [3.63, 3.8) is 0 Å². The quantitative estimate of drug-likeness (QED) is 0.509. The van der Waals surface area contributed by atoms with E-state index in [1.807, 2.05) is 0 Å². The van der Waals surface area contributed by atoms with Crippen molar-refractivity contribution in [3.8, 4) is 0 Å². The maximum absolute atomic E-state index is 2.55. The Morgan fingerprint density at radius 3 is 1.94 bits per heavy atom. The third-order valence-corrected chi connectivity index (χ3v) is 5.31. The first-order valence-corrected chi connectivity index (χ1v) is 7.70. The molecule has 16 heavy (non-hydrogen) atoms. The molecule has 0 aromatic carbocycles. The van der Waals surface area contributed by atoms with Crippen LogP contribution in [0.1, 0.15) is 84.5 Å². The minimum Gasteiger partial charge on any atom is -0.0596 e. The lowest BCUT2D eigenvalue weighted by Gasteiger charge is -2.38. The van der Waals surface area contributed by atoms with Crippen LogP contribution < -0.4 is 0 Å². The van der Waals surface area contributed by atoms with Crippen molar-refractivity contribution in [1.29, 1.82) is 0 Å². The summed E-state index contributed by atoms with van der Waals surface area (Å²) in [5.41, 5.74) is 0.630. The van der Waals surface area contributed by atoms with Crippen molar-refractivity contribution < 1.29 is 0 Å². The summed E-state index contributed by atoms with van der Waals surface area (Å²) in [6.07, 6.45) is 16.6. The summed E-state index contributed by atoms with van der Waals surface area (Å²) in [4.78, 5) is 0. The smallest absolute Gasteiger partial charge is 0.0323 e. The first-order valence-electron chi connectivity index (χ1n) is 7.70. The molecule has 0 bridgehead atoms. The van der Waals surface area contributed by atoms with E-state index in [0.717, 1.165) is 11.8 Å². The van der Waals surface area contributed by atoms with E-state index in [0.29, 0.717) is 5.41 Å². The molecule has 0 saturated heterocycles. The van der Waals surface area contributed by atoms with Gasteiger partial charge in [-0.15, -0.1) is 0 Å². The molecule has 0 heterocycles. The molecule has 0 N–H and O–H groups in total. The molecule has 0 aliphatic heterocycles. The number of hydrogen-bond donors (Lipinski definition) is 0. The van der Waals surface area contributed by atoms with Crippen molar-refractivity contribution in [3.05, 3.63) is 0 Å². The van der Waals surface area contributed by atoms with Gasteiger partial charge in [0.25, 0.3) is 0 Å². The Hall–Kier alpha value is 0. The number of rotatable bonds is 1. The summed E-state index contributed by atoms with van der Waals surface area (Å²) >= 11 is 0. The monoisotopic (exact) mass is 222 g/mol. The van der Waals surface area contributed by atoms with Gasteiger partial charge in [-0.1, -0.05) is 71.6 Å². The molecule has 2 aliphatic rings. The summed E-state index contributed by atoms with van der Waals surface area (Å²) in [5, 5.41) is 0. The highest BCUT2D eigenvalue weighted by Crippen LogP contribution is 2.46. The lowest BCUT2D eigenvalue weighted by molar-refractivity contribution is 0.115. The van der Waals surface area contributed by atoms with E-state index < -0.39 is 0 Å². The van der Waals surface area contributed by atoms with Gasteiger partial charge >= 0.3 is 0 Å². The van der Waals surface area contributed by atoms with Crippen LogP contribution in [0.15, 0.2) is 0 Å². The molecule has 0 nitrogen and oxygen atoms in total. The Morgan fingerprint density at radius 1 is 0.688 bits per heavy atom. The van der Waals surface area contributed by atoms with Gasteiger partial charge in [-0.25, -0.2) is 0 Å². The Kier molecular flexibility index (Phi) is 4.33. The molecule has 1 unspecified atom stereocenters. The molecule has 2 saturated carbocycles. The van der Waals surface area contributed by atoms with Crippen LogP contribution in [0.5, 0.6) is 0 Å². The summed E-state index contributed by atoms with van der Waals surface area (Å²) < 4.78 is 0. The molecule has 2 aliphatic carbocycles. The molecule has 0 aromatic heterocycles. The van der Waals surface area contributed by atoms with E-state index in [4.69, 9.17) is 0 Å². The van der Waals surface area contributed by atoms with Crippen molar-refractivity contribution >= 4 is 0 Å². The van der Waals surface area contributed by atoms with Crippen molar-refractivity contribution in [1.82, 2.24) is 0 Å². The summed E-state index contributed by atoms with van der Waals surface area (Å²) in [7, 11) is 0. The fraction of sp³-hybridized carbons (Fsp3) is 1.00. The third-order valence-electron chi connectivity index (χ3n) is 5.31. The van der Waals surface area contributed by atoms with E-state index in [2.05, 4.69) is 13.8 Å². The SMILES string of the molecule is CC1(C)CCCCCC1C1CCCCCC1. The van der Waals surface area contributed by atoms with Gasteiger partial charge < -0.3 is 0 Å². The predicted molar refractivity (Wildman–Crippen MR) is 71.5 cm³/mol. The minimum atomic E-state index is 0.630. The Bertz CT molecular complexity index is 196. The van der Waals surface area contributed by atoms with E-state index in [-0.39, 0.29) is 0 Å². The van der Waals surface area contributed by atoms with E-state index >= 15 is 0 Å². The van der Waals surface area contributed by atoms with Gasteiger partial charge in [-0.3, -0.25) is 0 Å². The molecule has 0 radical (unpaired) electrons. The second-order valence-electron chi connectivity index (χ2n) is 6.95. The second-order valence-corrected chi connectivity index (χ2v) is 6.95. The molecular formula is C16H30. The van der Waals surface area contributed by atoms with Crippen molar-refractivity contribution in [2.45, 2.75) is 84.5 Å². The fourth-order valence-electron chi connectivity index (χ4n) is 4.28. The molecule has 1 atom stereocenters. The average Bonchev–Trinajstić information content (AvgIpc) is 2.58. The molecule has 2 rings (SSSR count). The van der Waals surface area contributed by atoms with Gasteiger partial charge in [-0.05, 0) is 30.1 Å². The van der Waals surface area contributed by atoms with Crippen molar-refractivity contribution in [2.75, 3.05) is 0 Å². The normalized spacial score (nSPS) is 33.0. The first kappa shape index (κ1) is 12.5. The lowest BCUT2D eigenvalue weighted by Crippen LogP contribution is -2.29. The second kappa shape index (κ2) is 5.56. The predicted octanol–water partition coefficient (Wildman–Crippen LogP) is 5.56. The summed E-state index contributed by atoms with van der Waals surface area (Å²) in [5.74, 6) is 2.10. The van der Waals surface area contributed by atoms with E-state index in [1.165, 1.54) is 70.6 Å². The van der Waals surface area contributed by atoms with Crippen LogP contribution in [0.3, 0.4) is 0 Å². The van der Waals surface area contributed by atoms with Crippen LogP contribution in [0.2, 0.25) is 0 Å². The van der Waals surface area contributed by atoms with Gasteiger partial charge in [0.2, 0.25) is 0 Å². The van der Waals surface area contributed by atoms with Crippen LogP contribution in [0.4, 0.5) is 0 Å². The van der Waals surface area contributed by atoms with Crippen molar-refractivity contribution in [2.24, 2.45) is 17.3 Å². The molecular weight excluding hydrogens is 192 g/mol. The van der Waals surface area contributed by atoms with Gasteiger partial charge in [0.1, 0.15) is 0 Å². The van der Waals surface area contributed by atoms with E-state index in [1.54, 1.807) is 0 Å². The van der Waals surface area contributed by atoms with Gasteiger partial charge in [-0.2, -0.15) is 0 Å². The highest BCUT2D eigenvalue weighted by atomic mass is 14.4. The fourth-order valence-corrected chi connectivity index (χ4v) is 4.28. The Balaban J connectivity index is 2.02. The first-order chi connectivity index (χ1) is 7.70. The number of hydrogen-bond acceptors (Lipinski definition) is 0. The van der Waals surface area contributed by atoms with Crippen LogP contribution in [0.25, 0.3) is 0 Å². The summed E-state index contributed by atoms with van der Waals surface area (Å²) in [6.45, 7) is 5.10. The van der Waals surface area contributed by atoms with Crippen LogP contribution in [-0.2, 0) is 0 Å². The lowest BCUT2D eigenvalue weighted by atomic mass is 9.67. The molecule has 0 heteroatoms. The highest BCUT2D eigenvalue weighted by molar-refractivity contribution is 4.86. The molecule has 2 fully saturated rings. The summed E-state index contributed by atoms with van der Waals surface area (Å²) in [6, 6.07) is 0. The molecule has 94 valence electrons. The zero-order chi connectivity index (χ0) is 11.4. The average molecular weight is 222 g/mol. The Morgan fingerprint density at radius 2 is 1.25 bits per heavy atom. The molecule has 0 spiro atoms. The van der Waals surface area contributed by atoms with Crippen LogP contribution >= 0.6 is 0 Å². The minimum absolute atomic E-state index is 0.630.